The molecule has 5 aliphatic rings. The van der Waals surface area contributed by atoms with Crippen LogP contribution in [0.5, 0.6) is 0 Å². The van der Waals surface area contributed by atoms with Crippen LogP contribution in [0.2, 0.25) is 0 Å². The molecular weight excluding hydrogens is 410 g/mol. The van der Waals surface area contributed by atoms with Gasteiger partial charge in [0, 0.05) is 35.1 Å². The van der Waals surface area contributed by atoms with Crippen LogP contribution in [0.1, 0.15) is 57.2 Å². The van der Waals surface area contributed by atoms with Crippen molar-refractivity contribution in [2.45, 2.75) is 69.9 Å². The minimum atomic E-state index is -0.683. The van der Waals surface area contributed by atoms with Crippen molar-refractivity contribution in [3.05, 3.63) is 47.8 Å². The van der Waals surface area contributed by atoms with Gasteiger partial charge in [-0.1, -0.05) is 12.1 Å². The SMILES string of the molecule is Cc1cc(-n2ncc3ccc([C@@]4(C#N)CC45CC5)cc32)cc(N2CC3(C(C)(C)O)CC2C3)n1. The molecule has 2 aliphatic heterocycles. The molecule has 5 fully saturated rings. The largest absolute Gasteiger partial charge is 0.390 e. The first kappa shape index (κ1) is 19.5. The van der Waals surface area contributed by atoms with Crippen LogP contribution in [-0.4, -0.2) is 38.1 Å². The molecule has 2 bridgehead atoms. The normalized spacial score (nSPS) is 31.0. The number of hydrogen-bond donors (Lipinski definition) is 1. The van der Waals surface area contributed by atoms with E-state index in [1.165, 1.54) is 12.8 Å². The molecule has 0 unspecified atom stereocenters. The van der Waals surface area contributed by atoms with Gasteiger partial charge in [0.2, 0.25) is 0 Å². The summed E-state index contributed by atoms with van der Waals surface area (Å²) < 4.78 is 2.00. The fraction of sp³-hybridized carbons (Fsp3) is 0.519. The molecule has 6 nitrogen and oxygen atoms in total. The van der Waals surface area contributed by atoms with E-state index in [0.717, 1.165) is 59.5 Å². The van der Waals surface area contributed by atoms with Crippen molar-refractivity contribution in [2.24, 2.45) is 10.8 Å². The lowest BCUT2D eigenvalue weighted by Crippen LogP contribution is -2.50. The highest BCUT2D eigenvalue weighted by atomic mass is 16.3. The molecule has 3 aromatic rings. The van der Waals surface area contributed by atoms with Crippen molar-refractivity contribution in [3.8, 4) is 11.8 Å². The van der Waals surface area contributed by atoms with Crippen LogP contribution in [0.25, 0.3) is 16.6 Å². The van der Waals surface area contributed by atoms with Crippen LogP contribution < -0.4 is 4.90 Å². The summed E-state index contributed by atoms with van der Waals surface area (Å²) in [7, 11) is 0. The van der Waals surface area contributed by atoms with Gasteiger partial charge in [0.05, 0.1) is 34.5 Å². The number of aryl methyl sites for hydroxylation is 1. The summed E-state index contributed by atoms with van der Waals surface area (Å²) in [5, 5.41) is 26.5. The van der Waals surface area contributed by atoms with E-state index < -0.39 is 5.60 Å². The summed E-state index contributed by atoms with van der Waals surface area (Å²) in [6, 6.07) is 13.7. The Kier molecular flexibility index (Phi) is 3.42. The second-order valence-electron chi connectivity index (χ2n) is 11.7. The molecule has 8 rings (SSSR count). The first-order valence-corrected chi connectivity index (χ1v) is 12.1. The smallest absolute Gasteiger partial charge is 0.131 e. The summed E-state index contributed by atoms with van der Waals surface area (Å²) in [6.45, 7) is 6.75. The molecule has 168 valence electrons. The molecule has 1 spiro atoms. The number of aliphatic hydroxyl groups is 1. The van der Waals surface area contributed by atoms with Crippen LogP contribution >= 0.6 is 0 Å². The lowest BCUT2D eigenvalue weighted by atomic mass is 9.61. The van der Waals surface area contributed by atoms with Crippen molar-refractivity contribution < 1.29 is 5.11 Å². The third-order valence-corrected chi connectivity index (χ3v) is 9.42. The predicted octanol–water partition coefficient (Wildman–Crippen LogP) is 4.41. The molecular formula is C27H29N5O. The van der Waals surface area contributed by atoms with Crippen molar-refractivity contribution >= 4 is 16.7 Å². The molecule has 3 aliphatic carbocycles. The van der Waals surface area contributed by atoms with Gasteiger partial charge in [-0.25, -0.2) is 9.67 Å². The maximum atomic E-state index is 10.7. The van der Waals surface area contributed by atoms with E-state index in [0.29, 0.717) is 6.04 Å². The maximum absolute atomic E-state index is 10.7. The van der Waals surface area contributed by atoms with Gasteiger partial charge in [0.25, 0.3) is 0 Å². The Morgan fingerprint density at radius 3 is 2.61 bits per heavy atom. The molecule has 4 heterocycles. The van der Waals surface area contributed by atoms with E-state index >= 15 is 0 Å². The van der Waals surface area contributed by atoms with Gasteiger partial charge >= 0.3 is 0 Å². The average molecular weight is 440 g/mol. The van der Waals surface area contributed by atoms with E-state index in [9.17, 15) is 10.4 Å². The molecule has 0 amide bonds. The highest BCUT2D eigenvalue weighted by Crippen LogP contribution is 2.78. The zero-order chi connectivity index (χ0) is 22.8. The second kappa shape index (κ2) is 5.77. The Morgan fingerprint density at radius 1 is 1.18 bits per heavy atom. The Hall–Kier alpha value is -2.91. The van der Waals surface area contributed by atoms with Crippen LogP contribution in [0.4, 0.5) is 5.82 Å². The number of benzene rings is 1. The van der Waals surface area contributed by atoms with Gasteiger partial charge in [-0.3, -0.25) is 0 Å². The van der Waals surface area contributed by atoms with E-state index in [2.05, 4.69) is 41.3 Å². The number of pyridine rings is 1. The zero-order valence-electron chi connectivity index (χ0n) is 19.5. The monoisotopic (exact) mass is 439 g/mol. The Bertz CT molecular complexity index is 1370. The van der Waals surface area contributed by atoms with Gasteiger partial charge in [0.1, 0.15) is 5.82 Å². The van der Waals surface area contributed by atoms with E-state index in [4.69, 9.17) is 10.1 Å². The van der Waals surface area contributed by atoms with E-state index in [1.54, 1.807) is 0 Å². The van der Waals surface area contributed by atoms with Crippen molar-refractivity contribution in [1.29, 1.82) is 5.26 Å². The lowest BCUT2D eigenvalue weighted by molar-refractivity contribution is -0.0754. The number of rotatable bonds is 4. The zero-order valence-corrected chi connectivity index (χ0v) is 19.5. The average Bonchev–Trinajstić information content (AvgIpc) is 3.43. The van der Waals surface area contributed by atoms with Gasteiger partial charge < -0.3 is 10.0 Å². The summed E-state index contributed by atoms with van der Waals surface area (Å²) in [5.74, 6) is 0.964. The standard InChI is InChI=1S/C27H29N5O/c1-17-8-20(10-23(30-17)31-16-26(24(2,3)33)11-21(31)12-26)32-22-9-19(5-4-18(22)13-29-32)27(15-28)14-25(27)6-7-25/h4-5,8-10,13,21,33H,6-7,11-12,14,16H2,1-3H3/t21?,26?,27-/m0/s1. The summed E-state index contributed by atoms with van der Waals surface area (Å²) in [4.78, 5) is 7.24. The quantitative estimate of drug-likeness (QED) is 0.651. The van der Waals surface area contributed by atoms with Gasteiger partial charge in [-0.15, -0.1) is 0 Å². The number of hydrogen-bond acceptors (Lipinski definition) is 5. The van der Waals surface area contributed by atoms with Crippen LogP contribution in [0.3, 0.4) is 0 Å². The Labute approximate surface area is 193 Å². The number of nitriles is 1. The third kappa shape index (κ3) is 2.41. The maximum Gasteiger partial charge on any atom is 0.131 e. The first-order valence-electron chi connectivity index (χ1n) is 12.1. The van der Waals surface area contributed by atoms with Crippen LogP contribution in [0, 0.1) is 29.1 Å². The molecule has 1 aromatic carbocycles. The minimum absolute atomic E-state index is 0.0365. The van der Waals surface area contributed by atoms with Gasteiger partial charge in [-0.2, -0.15) is 10.4 Å². The first-order chi connectivity index (χ1) is 15.7. The summed E-state index contributed by atoms with van der Waals surface area (Å²) >= 11 is 0. The molecule has 0 radical (unpaired) electrons. The lowest BCUT2D eigenvalue weighted by Gasteiger charge is -2.45. The van der Waals surface area contributed by atoms with Gasteiger partial charge in [0.15, 0.2) is 0 Å². The number of fused-ring (bicyclic) bond motifs is 2. The van der Waals surface area contributed by atoms with Crippen LogP contribution in [0.15, 0.2) is 36.5 Å². The third-order valence-electron chi connectivity index (χ3n) is 9.42. The summed E-state index contributed by atoms with van der Waals surface area (Å²) in [6.07, 6.45) is 7.29. The van der Waals surface area contributed by atoms with Crippen LogP contribution in [-0.2, 0) is 5.41 Å². The molecule has 6 heteroatoms. The molecule has 33 heavy (non-hydrogen) atoms. The molecule has 1 N–H and O–H groups in total. The fourth-order valence-electron chi connectivity index (χ4n) is 6.85. The Balaban J connectivity index is 1.28. The molecule has 1 atom stereocenters. The van der Waals surface area contributed by atoms with Gasteiger partial charge in [-0.05, 0) is 76.0 Å². The number of nitrogens with zero attached hydrogens (tertiary/aromatic N) is 5. The second-order valence-corrected chi connectivity index (χ2v) is 11.7. The molecule has 2 aromatic heterocycles. The summed E-state index contributed by atoms with van der Waals surface area (Å²) in [5.41, 5.74) is 3.34. The van der Waals surface area contributed by atoms with E-state index in [-0.39, 0.29) is 16.2 Å². The Morgan fingerprint density at radius 2 is 1.97 bits per heavy atom. The minimum Gasteiger partial charge on any atom is -0.390 e. The molecule has 3 saturated carbocycles. The number of anilines is 1. The molecule has 2 saturated heterocycles. The van der Waals surface area contributed by atoms with E-state index in [1.807, 2.05) is 31.6 Å². The topological polar surface area (TPSA) is 78.0 Å². The highest BCUT2D eigenvalue weighted by molar-refractivity contribution is 5.82. The number of aromatic nitrogens is 3. The fourth-order valence-corrected chi connectivity index (χ4v) is 6.85. The van der Waals surface area contributed by atoms with Crippen molar-refractivity contribution in [3.63, 3.8) is 0 Å². The predicted molar refractivity (Wildman–Crippen MR) is 126 cm³/mol. The van der Waals surface area contributed by atoms with Crippen molar-refractivity contribution in [1.82, 2.24) is 14.8 Å². The van der Waals surface area contributed by atoms with Crippen molar-refractivity contribution in [2.75, 3.05) is 11.4 Å². The highest BCUT2D eigenvalue weighted by Gasteiger charge is 2.75.